The molecule has 0 aliphatic heterocycles. The topological polar surface area (TPSA) is 29.5 Å². The van der Waals surface area contributed by atoms with Crippen molar-refractivity contribution in [2.75, 3.05) is 13.1 Å². The van der Waals surface area contributed by atoms with Gasteiger partial charge in [-0.2, -0.15) is 0 Å². The van der Waals surface area contributed by atoms with E-state index in [1.165, 1.54) is 11.1 Å². The Bertz CT molecular complexity index is 1180. The predicted molar refractivity (Wildman–Crippen MR) is 180 cm³/mol. The van der Waals surface area contributed by atoms with Crippen LogP contribution in [0.25, 0.3) is 0 Å². The molecular weight excluding hydrogens is 633 g/mol. The average Bonchev–Trinajstić information content (AvgIpc) is 2.90. The molecule has 6 heteroatoms. The summed E-state index contributed by atoms with van der Waals surface area (Å²) >= 11 is 4.73. The fraction of sp³-hybridized carbons (Fsp3) is 0.394. The fourth-order valence-corrected chi connectivity index (χ4v) is 9.18. The van der Waals surface area contributed by atoms with Crippen molar-refractivity contribution in [3.63, 3.8) is 0 Å². The van der Waals surface area contributed by atoms with Crippen molar-refractivity contribution < 1.29 is 7.86 Å². The molecule has 39 heavy (non-hydrogen) atoms. The molecule has 3 aromatic carbocycles. The van der Waals surface area contributed by atoms with E-state index in [0.29, 0.717) is 5.56 Å². The number of thioether (sulfide) groups is 1. The molecule has 0 aliphatic rings. The molecule has 0 aliphatic carbocycles. The molecule has 0 saturated carbocycles. The quantitative estimate of drug-likeness (QED) is 0.175. The zero-order valence-electron chi connectivity index (χ0n) is 24.5. The van der Waals surface area contributed by atoms with Crippen LogP contribution in [-0.4, -0.2) is 28.3 Å². The van der Waals surface area contributed by atoms with Crippen LogP contribution in [0.4, 0.5) is 0 Å². The first kappa shape index (κ1) is 31.6. The third-order valence-corrected chi connectivity index (χ3v) is 12.7. The first-order chi connectivity index (χ1) is 18.3. The molecule has 0 unspecified atom stereocenters. The number of nitrogens with zero attached hydrogens (tertiary/aromatic N) is 1. The third-order valence-electron chi connectivity index (χ3n) is 6.54. The van der Waals surface area contributed by atoms with Crippen LogP contribution in [0.2, 0.25) is 0 Å². The number of hydrogen-bond donors (Lipinski definition) is 0. The van der Waals surface area contributed by atoms with Crippen molar-refractivity contribution in [2.45, 2.75) is 72.0 Å². The Balaban J connectivity index is 1.81. The molecule has 0 atom stereocenters. The van der Waals surface area contributed by atoms with Gasteiger partial charge in [0.25, 0.3) is 0 Å². The monoisotopic (exact) mass is 675 g/mol. The Hall–Kier alpha value is -1.90. The normalized spacial score (nSPS) is 12.2. The van der Waals surface area contributed by atoms with Crippen LogP contribution in [0, 0.1) is 7.14 Å². The van der Waals surface area contributed by atoms with Crippen LogP contribution < -0.4 is 0 Å². The molecule has 3 nitrogen and oxygen atoms in total. The second kappa shape index (κ2) is 13.6. The van der Waals surface area contributed by atoms with Crippen LogP contribution in [0.15, 0.2) is 72.8 Å². The van der Waals surface area contributed by atoms with Gasteiger partial charge in [0.05, 0.1) is 0 Å². The Morgan fingerprint density at radius 3 is 1.59 bits per heavy atom. The zero-order valence-corrected chi connectivity index (χ0v) is 28.3. The Labute approximate surface area is 253 Å². The van der Waals surface area contributed by atoms with Crippen LogP contribution in [0.3, 0.4) is 0 Å². The van der Waals surface area contributed by atoms with Crippen molar-refractivity contribution in [3.05, 3.63) is 102 Å². The molecule has 210 valence electrons. The Kier molecular flexibility index (Phi) is 11.1. The van der Waals surface area contributed by atoms with Gasteiger partial charge >= 0.3 is 255 Å². The van der Waals surface area contributed by atoms with E-state index >= 15 is 0 Å². The molecule has 0 radical (unpaired) electrons. The van der Waals surface area contributed by atoms with E-state index in [2.05, 4.69) is 109 Å². The molecule has 0 heterocycles. The van der Waals surface area contributed by atoms with Crippen molar-refractivity contribution >= 4 is 54.5 Å². The summed E-state index contributed by atoms with van der Waals surface area (Å²) in [6.45, 7) is 19.3. The third kappa shape index (κ3) is 8.79. The van der Waals surface area contributed by atoms with Crippen molar-refractivity contribution in [3.8, 4) is 0 Å². The number of benzene rings is 3. The van der Waals surface area contributed by atoms with Gasteiger partial charge in [0.15, 0.2) is 0 Å². The minimum atomic E-state index is -2.49. The number of hydrogen-bond acceptors (Lipinski definition) is 4. The van der Waals surface area contributed by atoms with Crippen LogP contribution in [0.1, 0.15) is 82.4 Å². The van der Waals surface area contributed by atoms with Crippen molar-refractivity contribution in [1.29, 1.82) is 0 Å². The summed E-state index contributed by atoms with van der Waals surface area (Å²) in [5.74, 6) is 0.515. The summed E-state index contributed by atoms with van der Waals surface area (Å²) in [6.07, 6.45) is 0. The predicted octanol–water partition coefficient (Wildman–Crippen LogP) is 9.46. The summed E-state index contributed by atoms with van der Waals surface area (Å²) < 4.78 is 9.48. The molecule has 3 rings (SSSR count). The standard InChI is InChI=1S/C33H42INO2S2/c1-9-35(10-2)31(38)39-23-24-11-13-25(14-12-24)30(36)37-34(28-19-15-26(16-20-28)32(3,4)5)29-21-17-27(18-22-29)33(6,7)8/h11-22H,9-10,23H2,1-8H3. The van der Waals surface area contributed by atoms with Gasteiger partial charge in [0, 0.05) is 0 Å². The molecular formula is C33H42INO2S2. The van der Waals surface area contributed by atoms with Crippen LogP contribution in [-0.2, 0) is 19.6 Å². The van der Waals surface area contributed by atoms with Gasteiger partial charge in [-0.25, -0.2) is 0 Å². The first-order valence-corrected chi connectivity index (χ1v) is 17.9. The van der Waals surface area contributed by atoms with Gasteiger partial charge in [-0.3, -0.25) is 0 Å². The van der Waals surface area contributed by atoms with Crippen molar-refractivity contribution in [1.82, 2.24) is 4.90 Å². The summed E-state index contributed by atoms with van der Waals surface area (Å²) in [6, 6.07) is 25.0. The van der Waals surface area contributed by atoms with E-state index in [4.69, 9.17) is 15.3 Å². The van der Waals surface area contributed by atoms with Gasteiger partial charge in [-0.1, -0.05) is 0 Å². The number of carbonyl (C=O) groups excluding carboxylic acids is 1. The van der Waals surface area contributed by atoms with Crippen LogP contribution >= 0.6 is 44.2 Å². The molecule has 0 fully saturated rings. The number of rotatable bonds is 8. The maximum absolute atomic E-state index is 13.4. The average molecular weight is 676 g/mol. The molecule has 0 amide bonds. The van der Waals surface area contributed by atoms with Gasteiger partial charge < -0.3 is 0 Å². The molecule has 0 saturated heterocycles. The van der Waals surface area contributed by atoms with Crippen LogP contribution in [0.5, 0.6) is 0 Å². The first-order valence-electron chi connectivity index (χ1n) is 13.5. The zero-order chi connectivity index (χ0) is 28.8. The Morgan fingerprint density at radius 1 is 0.769 bits per heavy atom. The summed E-state index contributed by atoms with van der Waals surface area (Å²) in [5, 5.41) is 0. The molecule has 0 bridgehead atoms. The minimum absolute atomic E-state index is 0.0672. The van der Waals surface area contributed by atoms with E-state index in [-0.39, 0.29) is 16.8 Å². The van der Waals surface area contributed by atoms with E-state index in [1.807, 2.05) is 24.3 Å². The second-order valence-electron chi connectivity index (χ2n) is 11.6. The summed E-state index contributed by atoms with van der Waals surface area (Å²) in [7, 11) is 0. The number of thiocarbonyl (C=S) groups is 1. The molecule has 0 N–H and O–H groups in total. The summed E-state index contributed by atoms with van der Waals surface area (Å²) in [5.41, 5.74) is 4.39. The Morgan fingerprint density at radius 2 is 1.21 bits per heavy atom. The number of carbonyl (C=O) groups is 1. The molecule has 0 aromatic heterocycles. The van der Waals surface area contributed by atoms with E-state index in [1.54, 1.807) is 11.8 Å². The van der Waals surface area contributed by atoms with Gasteiger partial charge in [0.1, 0.15) is 0 Å². The summed E-state index contributed by atoms with van der Waals surface area (Å²) in [4.78, 5) is 15.6. The molecule has 3 aromatic rings. The second-order valence-corrected chi connectivity index (χ2v) is 17.5. The van der Waals surface area contributed by atoms with E-state index in [0.717, 1.165) is 35.9 Å². The van der Waals surface area contributed by atoms with Gasteiger partial charge in [0.2, 0.25) is 0 Å². The maximum atomic E-state index is 13.4. The van der Waals surface area contributed by atoms with E-state index < -0.39 is 20.2 Å². The van der Waals surface area contributed by atoms with Crippen molar-refractivity contribution in [2.24, 2.45) is 0 Å². The SMILES string of the molecule is CCN(CC)C(=S)SCc1ccc(C(=O)OI(c2ccc(C(C)(C)C)cc2)c2ccc(C(C)(C)C)cc2)cc1. The van der Waals surface area contributed by atoms with Gasteiger partial charge in [-0.15, -0.1) is 0 Å². The molecule has 0 spiro atoms. The fourth-order valence-electron chi connectivity index (χ4n) is 3.91. The van der Waals surface area contributed by atoms with Gasteiger partial charge in [-0.05, 0) is 0 Å². The number of halogens is 1. The van der Waals surface area contributed by atoms with E-state index in [9.17, 15) is 4.79 Å².